The predicted octanol–water partition coefficient (Wildman–Crippen LogP) is 3.53. The number of hydrogen-bond donors (Lipinski definition) is 2. The Morgan fingerprint density at radius 2 is 1.60 bits per heavy atom. The van der Waals surface area contributed by atoms with E-state index in [-0.39, 0.29) is 24.0 Å². The lowest BCUT2D eigenvalue weighted by molar-refractivity contribution is -0.118. The van der Waals surface area contributed by atoms with Crippen molar-refractivity contribution in [1.29, 1.82) is 0 Å². The highest BCUT2D eigenvalue weighted by Crippen LogP contribution is 2.14. The maximum atomic E-state index is 12.2. The van der Waals surface area contributed by atoms with Gasteiger partial charge < -0.3 is 15.1 Å². The number of benzene rings is 2. The number of carbonyl (C=O) groups is 2. The van der Waals surface area contributed by atoms with Crippen molar-refractivity contribution >= 4 is 43.3 Å². The molecule has 0 aliphatic heterocycles. The maximum absolute atomic E-state index is 12.2. The monoisotopic (exact) mass is 490 g/mol. The molecular formula is C21H19BrN2O5S. The van der Waals surface area contributed by atoms with Crippen LogP contribution in [0.25, 0.3) is 0 Å². The number of anilines is 1. The fourth-order valence-electron chi connectivity index (χ4n) is 2.64. The molecule has 2 N–H and O–H groups in total. The van der Waals surface area contributed by atoms with Crippen molar-refractivity contribution in [3.8, 4) is 0 Å². The molecule has 3 aromatic rings. The number of rotatable bonds is 8. The summed E-state index contributed by atoms with van der Waals surface area (Å²) in [6.07, 6.45) is 1.42. The highest BCUT2D eigenvalue weighted by Gasteiger charge is 2.17. The summed E-state index contributed by atoms with van der Waals surface area (Å²) >= 11 is 3.29. The predicted molar refractivity (Wildman–Crippen MR) is 117 cm³/mol. The summed E-state index contributed by atoms with van der Waals surface area (Å²) < 4.78 is 30.3. The number of furan rings is 1. The molecule has 156 valence electrons. The second-order valence-electron chi connectivity index (χ2n) is 6.56. The van der Waals surface area contributed by atoms with E-state index in [1.165, 1.54) is 6.26 Å². The van der Waals surface area contributed by atoms with Crippen LogP contribution in [-0.4, -0.2) is 26.0 Å². The molecule has 0 radical (unpaired) electrons. The van der Waals surface area contributed by atoms with Crippen molar-refractivity contribution in [2.24, 2.45) is 0 Å². The number of sulfone groups is 1. The maximum Gasteiger partial charge on any atom is 0.291 e. The Morgan fingerprint density at radius 3 is 2.23 bits per heavy atom. The Kier molecular flexibility index (Phi) is 7.07. The van der Waals surface area contributed by atoms with Gasteiger partial charge in [-0.05, 0) is 47.5 Å². The smallest absolute Gasteiger partial charge is 0.291 e. The van der Waals surface area contributed by atoms with Gasteiger partial charge in [0.25, 0.3) is 5.91 Å². The molecule has 0 aliphatic rings. The van der Waals surface area contributed by atoms with Gasteiger partial charge in [0.1, 0.15) is 5.75 Å². The topological polar surface area (TPSA) is 105 Å². The lowest BCUT2D eigenvalue weighted by atomic mass is 10.2. The van der Waals surface area contributed by atoms with Crippen LogP contribution in [0.15, 0.2) is 75.8 Å². The van der Waals surface area contributed by atoms with E-state index in [4.69, 9.17) is 4.42 Å². The van der Waals surface area contributed by atoms with E-state index in [0.717, 1.165) is 10.0 Å². The van der Waals surface area contributed by atoms with Crippen molar-refractivity contribution in [3.05, 3.63) is 88.3 Å². The van der Waals surface area contributed by atoms with Crippen LogP contribution in [0.2, 0.25) is 0 Å². The van der Waals surface area contributed by atoms with E-state index >= 15 is 0 Å². The molecule has 1 heterocycles. The minimum Gasteiger partial charge on any atom is -0.459 e. The first-order chi connectivity index (χ1) is 14.3. The van der Waals surface area contributed by atoms with E-state index in [1.54, 1.807) is 60.7 Å². The zero-order valence-corrected chi connectivity index (χ0v) is 18.2. The molecule has 2 amide bonds. The number of halogens is 1. The Hall–Kier alpha value is -2.91. The molecule has 0 atom stereocenters. The van der Waals surface area contributed by atoms with Crippen molar-refractivity contribution in [1.82, 2.24) is 5.32 Å². The molecule has 0 fully saturated rings. The van der Waals surface area contributed by atoms with E-state index in [2.05, 4.69) is 26.6 Å². The Bertz CT molecular complexity index is 1110. The van der Waals surface area contributed by atoms with Crippen LogP contribution in [0.3, 0.4) is 0 Å². The van der Waals surface area contributed by atoms with Gasteiger partial charge in [0.2, 0.25) is 5.91 Å². The summed E-state index contributed by atoms with van der Waals surface area (Å²) in [7, 11) is -3.58. The van der Waals surface area contributed by atoms with Gasteiger partial charge in [-0.1, -0.05) is 40.2 Å². The van der Waals surface area contributed by atoms with Gasteiger partial charge in [-0.2, -0.15) is 0 Å². The third-order valence-corrected chi connectivity index (χ3v) is 6.10. The first-order valence-corrected chi connectivity index (χ1v) is 11.6. The lowest BCUT2D eigenvalue weighted by Gasteiger charge is -2.08. The largest absolute Gasteiger partial charge is 0.459 e. The van der Waals surface area contributed by atoms with Crippen LogP contribution < -0.4 is 10.6 Å². The van der Waals surface area contributed by atoms with Crippen LogP contribution in [0.1, 0.15) is 21.7 Å². The standard InChI is InChI=1S/C21H19BrN2O5S/c22-17-7-3-16(4-8-17)13-30(27,28)14-20(25)23-12-15-5-9-18(10-6-15)24-21(26)19-2-1-11-29-19/h1-11H,12-14H2,(H,23,25)(H,24,26). The summed E-state index contributed by atoms with van der Waals surface area (Å²) in [5, 5.41) is 5.30. The molecule has 0 saturated carbocycles. The van der Waals surface area contributed by atoms with Crippen molar-refractivity contribution in [2.45, 2.75) is 12.3 Å². The Balaban J connectivity index is 1.48. The highest BCUT2D eigenvalue weighted by molar-refractivity contribution is 9.10. The fraction of sp³-hybridized carbons (Fsp3) is 0.143. The van der Waals surface area contributed by atoms with Gasteiger partial charge >= 0.3 is 0 Å². The zero-order chi connectivity index (χ0) is 21.6. The first-order valence-electron chi connectivity index (χ1n) is 8.96. The Morgan fingerprint density at radius 1 is 0.933 bits per heavy atom. The average Bonchev–Trinajstić information content (AvgIpc) is 3.24. The SMILES string of the molecule is O=C(CS(=O)(=O)Cc1ccc(Br)cc1)NCc1ccc(NC(=O)c2ccco2)cc1. The second kappa shape index (κ2) is 9.73. The molecule has 0 bridgehead atoms. The molecular weight excluding hydrogens is 472 g/mol. The van der Waals surface area contributed by atoms with E-state index < -0.39 is 21.5 Å². The van der Waals surface area contributed by atoms with Crippen molar-refractivity contribution in [3.63, 3.8) is 0 Å². The lowest BCUT2D eigenvalue weighted by Crippen LogP contribution is -2.30. The van der Waals surface area contributed by atoms with Crippen LogP contribution in [0.4, 0.5) is 5.69 Å². The van der Waals surface area contributed by atoms with Crippen LogP contribution >= 0.6 is 15.9 Å². The molecule has 2 aromatic carbocycles. The number of hydrogen-bond acceptors (Lipinski definition) is 5. The van der Waals surface area contributed by atoms with E-state index in [0.29, 0.717) is 11.3 Å². The number of nitrogens with one attached hydrogen (secondary N) is 2. The van der Waals surface area contributed by atoms with Gasteiger partial charge in [-0.15, -0.1) is 0 Å². The van der Waals surface area contributed by atoms with E-state index in [9.17, 15) is 18.0 Å². The number of amides is 2. The molecule has 1 aromatic heterocycles. The van der Waals surface area contributed by atoms with Crippen LogP contribution in [-0.2, 0) is 26.9 Å². The summed E-state index contributed by atoms with van der Waals surface area (Å²) in [4.78, 5) is 24.0. The average molecular weight is 491 g/mol. The molecule has 0 unspecified atom stereocenters. The molecule has 0 spiro atoms. The van der Waals surface area contributed by atoms with Gasteiger partial charge in [0.05, 0.1) is 12.0 Å². The second-order valence-corrected chi connectivity index (χ2v) is 9.54. The summed E-state index contributed by atoms with van der Waals surface area (Å²) in [6, 6.07) is 16.9. The minimum atomic E-state index is -3.58. The van der Waals surface area contributed by atoms with Crippen molar-refractivity contribution in [2.75, 3.05) is 11.1 Å². The Labute approximate surface area is 182 Å². The van der Waals surface area contributed by atoms with Gasteiger partial charge in [0.15, 0.2) is 15.6 Å². The van der Waals surface area contributed by atoms with Crippen LogP contribution in [0, 0.1) is 0 Å². The van der Waals surface area contributed by atoms with Crippen LogP contribution in [0.5, 0.6) is 0 Å². The molecule has 9 heteroatoms. The third kappa shape index (κ3) is 6.57. The number of carbonyl (C=O) groups excluding carboxylic acids is 2. The summed E-state index contributed by atoms with van der Waals surface area (Å²) in [5.41, 5.74) is 1.96. The van der Waals surface area contributed by atoms with Gasteiger partial charge in [-0.3, -0.25) is 9.59 Å². The van der Waals surface area contributed by atoms with E-state index in [1.807, 2.05) is 0 Å². The molecule has 0 aliphatic carbocycles. The molecule has 30 heavy (non-hydrogen) atoms. The summed E-state index contributed by atoms with van der Waals surface area (Å²) in [5.74, 6) is -1.51. The fourth-order valence-corrected chi connectivity index (χ4v) is 4.21. The summed E-state index contributed by atoms with van der Waals surface area (Å²) in [6.45, 7) is 0.180. The first kappa shape index (κ1) is 21.8. The third-order valence-electron chi connectivity index (χ3n) is 4.10. The van der Waals surface area contributed by atoms with Gasteiger partial charge in [0, 0.05) is 16.7 Å². The molecule has 3 rings (SSSR count). The molecule has 7 nitrogen and oxygen atoms in total. The zero-order valence-electron chi connectivity index (χ0n) is 15.8. The normalized spacial score (nSPS) is 11.1. The highest BCUT2D eigenvalue weighted by atomic mass is 79.9. The minimum absolute atomic E-state index is 0.180. The quantitative estimate of drug-likeness (QED) is 0.502. The van der Waals surface area contributed by atoms with Crippen molar-refractivity contribution < 1.29 is 22.4 Å². The molecule has 0 saturated heterocycles. The van der Waals surface area contributed by atoms with Gasteiger partial charge in [-0.25, -0.2) is 8.42 Å².